The smallest absolute Gasteiger partial charge is 0.193 e. The number of hydrogen-bond donors (Lipinski definition) is 1. The van der Waals surface area contributed by atoms with Crippen LogP contribution in [0.5, 0.6) is 0 Å². The van der Waals surface area contributed by atoms with Crippen LogP contribution in [0, 0.1) is 12.3 Å². The highest BCUT2D eigenvalue weighted by Crippen LogP contribution is 2.09. The molecule has 0 bridgehead atoms. The molecule has 0 aliphatic rings. The van der Waals surface area contributed by atoms with E-state index in [-0.39, 0.29) is 24.0 Å². The van der Waals surface area contributed by atoms with Crippen molar-refractivity contribution in [3.63, 3.8) is 0 Å². The Morgan fingerprint density at radius 1 is 1.61 bits per heavy atom. The molecule has 0 fully saturated rings. The van der Waals surface area contributed by atoms with E-state index in [2.05, 4.69) is 38.6 Å². The maximum atomic E-state index is 5.21. The Morgan fingerprint density at radius 2 is 2.39 bits per heavy atom. The van der Waals surface area contributed by atoms with Gasteiger partial charge in [-0.1, -0.05) is 6.07 Å². The number of thiophene rings is 1. The third-order valence-electron chi connectivity index (χ3n) is 2.40. The van der Waals surface area contributed by atoms with Crippen molar-refractivity contribution >= 4 is 41.3 Å². The van der Waals surface area contributed by atoms with Crippen LogP contribution in [-0.4, -0.2) is 38.0 Å². The van der Waals surface area contributed by atoms with Crippen molar-refractivity contribution in [2.24, 2.45) is 4.99 Å². The second-order valence-electron chi connectivity index (χ2n) is 3.68. The van der Waals surface area contributed by atoms with E-state index in [1.807, 2.05) is 7.05 Å². The van der Waals surface area contributed by atoms with E-state index in [1.165, 1.54) is 4.88 Å². The topological polar surface area (TPSA) is 27.6 Å². The SMILES string of the molecule is C#CCCNC(=NC)N(C)CCc1cccs1.I. The maximum Gasteiger partial charge on any atom is 0.193 e. The number of hydrogen-bond acceptors (Lipinski definition) is 2. The number of halogens is 1. The van der Waals surface area contributed by atoms with Crippen molar-refractivity contribution in [2.45, 2.75) is 12.8 Å². The molecule has 0 radical (unpaired) electrons. The molecular weight excluding hydrogens is 357 g/mol. The fraction of sp³-hybridized carbons (Fsp3) is 0.462. The van der Waals surface area contributed by atoms with E-state index in [1.54, 1.807) is 18.4 Å². The molecular formula is C13H20IN3S. The van der Waals surface area contributed by atoms with Crippen LogP contribution < -0.4 is 5.32 Å². The first-order chi connectivity index (χ1) is 8.27. The summed E-state index contributed by atoms with van der Waals surface area (Å²) in [4.78, 5) is 7.75. The van der Waals surface area contributed by atoms with E-state index in [0.717, 1.165) is 31.9 Å². The van der Waals surface area contributed by atoms with E-state index >= 15 is 0 Å². The zero-order valence-corrected chi connectivity index (χ0v) is 14.0. The minimum absolute atomic E-state index is 0. The van der Waals surface area contributed by atoms with Gasteiger partial charge in [0.2, 0.25) is 0 Å². The Hall–Kier alpha value is -0.740. The van der Waals surface area contributed by atoms with Gasteiger partial charge in [-0.2, -0.15) is 0 Å². The van der Waals surface area contributed by atoms with Gasteiger partial charge in [0.05, 0.1) is 0 Å². The number of aliphatic imine (C=N–C) groups is 1. The monoisotopic (exact) mass is 377 g/mol. The Balaban J connectivity index is 0.00000289. The molecule has 1 heterocycles. The molecule has 0 aliphatic carbocycles. The molecule has 0 aromatic carbocycles. The van der Waals surface area contributed by atoms with Crippen molar-refractivity contribution in [1.82, 2.24) is 10.2 Å². The first-order valence-electron chi connectivity index (χ1n) is 5.65. The molecule has 3 nitrogen and oxygen atoms in total. The quantitative estimate of drug-likeness (QED) is 0.281. The van der Waals surface area contributed by atoms with Gasteiger partial charge in [-0.3, -0.25) is 4.99 Å². The maximum absolute atomic E-state index is 5.21. The molecule has 100 valence electrons. The summed E-state index contributed by atoms with van der Waals surface area (Å²) in [6.07, 6.45) is 6.98. The fourth-order valence-electron chi connectivity index (χ4n) is 1.47. The lowest BCUT2D eigenvalue weighted by molar-refractivity contribution is 0.487. The molecule has 0 saturated heterocycles. The largest absolute Gasteiger partial charge is 0.355 e. The summed E-state index contributed by atoms with van der Waals surface area (Å²) in [6.45, 7) is 1.72. The number of nitrogens with one attached hydrogen (secondary N) is 1. The summed E-state index contributed by atoms with van der Waals surface area (Å²) >= 11 is 1.79. The van der Waals surface area contributed by atoms with Gasteiger partial charge in [0.25, 0.3) is 0 Å². The second-order valence-corrected chi connectivity index (χ2v) is 4.71. The van der Waals surface area contributed by atoms with Crippen LogP contribution in [-0.2, 0) is 6.42 Å². The first kappa shape index (κ1) is 17.3. The van der Waals surface area contributed by atoms with Gasteiger partial charge in [-0.25, -0.2) is 0 Å². The highest BCUT2D eigenvalue weighted by molar-refractivity contribution is 14.0. The average Bonchev–Trinajstić information content (AvgIpc) is 2.85. The summed E-state index contributed by atoms with van der Waals surface area (Å²) < 4.78 is 0. The van der Waals surface area contributed by atoms with Crippen molar-refractivity contribution in [3.8, 4) is 12.3 Å². The molecule has 1 rings (SSSR count). The highest BCUT2D eigenvalue weighted by atomic mass is 127. The number of terminal acetylenes is 1. The lowest BCUT2D eigenvalue weighted by Crippen LogP contribution is -2.40. The summed E-state index contributed by atoms with van der Waals surface area (Å²) in [7, 11) is 3.83. The Labute approximate surface area is 131 Å². The molecule has 1 N–H and O–H groups in total. The molecule has 1 aromatic heterocycles. The number of guanidine groups is 1. The molecule has 0 aliphatic heterocycles. The number of nitrogens with zero attached hydrogens (tertiary/aromatic N) is 2. The van der Waals surface area contributed by atoms with Gasteiger partial charge < -0.3 is 10.2 Å². The molecule has 0 saturated carbocycles. The van der Waals surface area contributed by atoms with E-state index in [4.69, 9.17) is 6.42 Å². The van der Waals surface area contributed by atoms with Gasteiger partial charge in [0.15, 0.2) is 5.96 Å². The number of rotatable bonds is 5. The normalized spacial score (nSPS) is 10.4. The van der Waals surface area contributed by atoms with Crippen molar-refractivity contribution < 1.29 is 0 Å². The Bertz CT molecular complexity index is 381. The zero-order chi connectivity index (χ0) is 12.5. The van der Waals surface area contributed by atoms with Crippen molar-refractivity contribution in [1.29, 1.82) is 0 Å². The molecule has 0 unspecified atom stereocenters. The Kier molecular flexibility index (Phi) is 9.79. The molecule has 0 spiro atoms. The summed E-state index contributed by atoms with van der Waals surface area (Å²) in [6, 6.07) is 4.24. The van der Waals surface area contributed by atoms with E-state index in [9.17, 15) is 0 Å². The molecule has 0 amide bonds. The lowest BCUT2D eigenvalue weighted by atomic mass is 10.3. The van der Waals surface area contributed by atoms with Crippen LogP contribution >= 0.6 is 35.3 Å². The van der Waals surface area contributed by atoms with Gasteiger partial charge >= 0.3 is 0 Å². The molecule has 18 heavy (non-hydrogen) atoms. The predicted molar refractivity (Wildman–Crippen MR) is 90.9 cm³/mol. The first-order valence-corrected chi connectivity index (χ1v) is 6.53. The predicted octanol–water partition coefficient (Wildman–Crippen LogP) is 2.44. The third-order valence-corrected chi connectivity index (χ3v) is 3.34. The van der Waals surface area contributed by atoms with Crippen LogP contribution in [0.4, 0.5) is 0 Å². The van der Waals surface area contributed by atoms with Gasteiger partial charge in [-0.15, -0.1) is 47.7 Å². The summed E-state index contributed by atoms with van der Waals surface area (Å²) in [5.74, 6) is 3.51. The van der Waals surface area contributed by atoms with Crippen LogP contribution in [0.3, 0.4) is 0 Å². The molecule has 1 aromatic rings. The Morgan fingerprint density at radius 3 is 2.94 bits per heavy atom. The second kappa shape index (κ2) is 10.2. The van der Waals surface area contributed by atoms with Crippen LogP contribution in [0.15, 0.2) is 22.5 Å². The highest BCUT2D eigenvalue weighted by Gasteiger charge is 2.05. The molecule has 0 atom stereocenters. The van der Waals surface area contributed by atoms with E-state index < -0.39 is 0 Å². The van der Waals surface area contributed by atoms with Gasteiger partial charge in [-0.05, 0) is 17.9 Å². The average molecular weight is 377 g/mol. The van der Waals surface area contributed by atoms with Crippen LogP contribution in [0.2, 0.25) is 0 Å². The summed E-state index contributed by atoms with van der Waals surface area (Å²) in [5.41, 5.74) is 0. The van der Waals surface area contributed by atoms with Crippen molar-refractivity contribution in [2.75, 3.05) is 27.2 Å². The van der Waals surface area contributed by atoms with Crippen LogP contribution in [0.1, 0.15) is 11.3 Å². The van der Waals surface area contributed by atoms with Gasteiger partial charge in [0.1, 0.15) is 0 Å². The third kappa shape index (κ3) is 6.26. The fourth-order valence-corrected chi connectivity index (χ4v) is 2.17. The lowest BCUT2D eigenvalue weighted by Gasteiger charge is -2.21. The molecule has 5 heteroatoms. The minimum atomic E-state index is 0. The zero-order valence-electron chi connectivity index (χ0n) is 10.8. The van der Waals surface area contributed by atoms with E-state index in [0.29, 0.717) is 0 Å². The summed E-state index contributed by atoms with van der Waals surface area (Å²) in [5, 5.41) is 5.34. The van der Waals surface area contributed by atoms with Crippen LogP contribution in [0.25, 0.3) is 0 Å². The number of likely N-dealkylation sites (N-methyl/N-ethyl adjacent to an activating group) is 1. The van der Waals surface area contributed by atoms with Gasteiger partial charge in [0, 0.05) is 38.5 Å². The van der Waals surface area contributed by atoms with Crippen molar-refractivity contribution in [3.05, 3.63) is 22.4 Å². The standard InChI is InChI=1S/C13H19N3S.HI/c1-4-5-9-15-13(14-2)16(3)10-8-12-7-6-11-17-12;/h1,6-7,11H,5,8-10H2,2-3H3,(H,14,15);1H. The minimum Gasteiger partial charge on any atom is -0.355 e.